The average Bonchev–Trinajstić information content (AvgIpc) is 2.14. The van der Waals surface area contributed by atoms with Gasteiger partial charge in [-0.05, 0) is 23.8 Å². The van der Waals surface area contributed by atoms with Crippen molar-refractivity contribution in [3.05, 3.63) is 40.8 Å². The van der Waals surface area contributed by atoms with Gasteiger partial charge in [0.05, 0.1) is 17.0 Å². The maximum absolute atomic E-state index is 10.3. The van der Waals surface area contributed by atoms with Crippen LogP contribution in [0.1, 0.15) is 11.1 Å². The molecule has 4 nitrogen and oxygen atoms in total. The van der Waals surface area contributed by atoms with E-state index in [0.717, 1.165) is 0 Å². The summed E-state index contributed by atoms with van der Waals surface area (Å²) in [5.74, 6) is 0. The Morgan fingerprint density at radius 1 is 1.29 bits per heavy atom. The van der Waals surface area contributed by atoms with Crippen molar-refractivity contribution in [1.82, 2.24) is 0 Å². The quantitative estimate of drug-likeness (QED) is 0.747. The van der Waals surface area contributed by atoms with E-state index in [9.17, 15) is 8.42 Å². The van der Waals surface area contributed by atoms with Gasteiger partial charge in [0, 0.05) is 0 Å². The molecule has 0 saturated carbocycles. The molecule has 0 bridgehead atoms. The van der Waals surface area contributed by atoms with Gasteiger partial charge < -0.3 is 0 Å². The fraction of sp³-hybridized carbons (Fsp3) is 0. The number of nitriles is 1. The Morgan fingerprint density at radius 2 is 1.86 bits per heavy atom. The summed E-state index contributed by atoms with van der Waals surface area (Å²) in [4.78, 5) is 0. The van der Waals surface area contributed by atoms with Crippen molar-refractivity contribution in [2.45, 2.75) is 0 Å². The minimum Gasteiger partial charge on any atom is -0.282 e. The molecule has 0 aliphatic carbocycles. The molecule has 0 heterocycles. The highest BCUT2D eigenvalue weighted by Crippen LogP contribution is 2.05. The fourth-order valence-corrected chi connectivity index (χ4v) is 1.16. The van der Waals surface area contributed by atoms with Gasteiger partial charge in [-0.2, -0.15) is 13.7 Å². The third-order valence-electron chi connectivity index (χ3n) is 1.47. The molecule has 0 saturated heterocycles. The van der Waals surface area contributed by atoms with Crippen LogP contribution in [0.2, 0.25) is 0 Å². The molecule has 0 fully saturated rings. The first-order chi connectivity index (χ1) is 6.51. The minimum absolute atomic E-state index is 0.494. The second kappa shape index (κ2) is 4.05. The van der Waals surface area contributed by atoms with Crippen LogP contribution in [0, 0.1) is 11.3 Å². The van der Waals surface area contributed by atoms with Crippen LogP contribution in [-0.4, -0.2) is 13.0 Å². The maximum Gasteiger partial charge on any atom is 0.287 e. The number of nitrogens with zero attached hydrogens (tertiary/aromatic N) is 1. The van der Waals surface area contributed by atoms with Crippen molar-refractivity contribution in [2.24, 2.45) is 0 Å². The Bertz CT molecular complexity index is 480. The van der Waals surface area contributed by atoms with Gasteiger partial charge >= 0.3 is 0 Å². The van der Waals surface area contributed by atoms with Gasteiger partial charge in [-0.25, -0.2) is 0 Å². The Hall–Kier alpha value is -1.64. The van der Waals surface area contributed by atoms with Gasteiger partial charge in [0.15, 0.2) is 0 Å². The first kappa shape index (κ1) is 10.4. The van der Waals surface area contributed by atoms with Crippen LogP contribution in [0.15, 0.2) is 29.7 Å². The molecule has 0 unspecified atom stereocenters. The van der Waals surface area contributed by atoms with Gasteiger partial charge in [0.25, 0.3) is 10.1 Å². The SMILES string of the molecule is N#Cc1ccc(C=CS(=O)(=O)O)cc1. The van der Waals surface area contributed by atoms with E-state index < -0.39 is 10.1 Å². The molecule has 1 aromatic rings. The summed E-state index contributed by atoms with van der Waals surface area (Å²) in [5.41, 5.74) is 1.09. The predicted molar refractivity (Wildman–Crippen MR) is 51.7 cm³/mol. The second-order valence-electron chi connectivity index (χ2n) is 2.55. The summed E-state index contributed by atoms with van der Waals surface area (Å²) in [6.07, 6.45) is 1.25. The molecule has 14 heavy (non-hydrogen) atoms. The Morgan fingerprint density at radius 3 is 2.29 bits per heavy atom. The van der Waals surface area contributed by atoms with E-state index in [0.29, 0.717) is 16.5 Å². The van der Waals surface area contributed by atoms with Gasteiger partial charge in [-0.15, -0.1) is 0 Å². The zero-order chi connectivity index (χ0) is 10.6. The second-order valence-corrected chi connectivity index (χ2v) is 3.85. The molecule has 0 aromatic heterocycles. The van der Waals surface area contributed by atoms with Crippen LogP contribution in [0.5, 0.6) is 0 Å². The van der Waals surface area contributed by atoms with Crippen LogP contribution in [0.25, 0.3) is 6.08 Å². The Labute approximate surface area is 81.9 Å². The summed E-state index contributed by atoms with van der Waals surface area (Å²) < 4.78 is 29.1. The van der Waals surface area contributed by atoms with E-state index in [1.807, 2.05) is 6.07 Å². The van der Waals surface area contributed by atoms with Crippen molar-refractivity contribution >= 4 is 16.2 Å². The zero-order valence-electron chi connectivity index (χ0n) is 7.08. The Balaban J connectivity index is 2.91. The molecule has 0 atom stereocenters. The summed E-state index contributed by atoms with van der Waals surface area (Å²) in [5, 5.41) is 9.17. The van der Waals surface area contributed by atoms with Crippen LogP contribution in [0.4, 0.5) is 0 Å². The molecule has 0 spiro atoms. The number of benzene rings is 1. The zero-order valence-corrected chi connectivity index (χ0v) is 7.90. The van der Waals surface area contributed by atoms with E-state index >= 15 is 0 Å². The van der Waals surface area contributed by atoms with E-state index in [2.05, 4.69) is 0 Å². The summed E-state index contributed by atoms with van der Waals surface area (Å²) >= 11 is 0. The molecule has 1 aromatic carbocycles. The molecule has 72 valence electrons. The molecule has 0 amide bonds. The topological polar surface area (TPSA) is 78.2 Å². The summed E-state index contributed by atoms with van der Waals surface area (Å²) in [6.45, 7) is 0. The van der Waals surface area contributed by atoms with E-state index in [-0.39, 0.29) is 0 Å². The minimum atomic E-state index is -4.08. The Kier molecular flexibility index (Phi) is 3.02. The largest absolute Gasteiger partial charge is 0.287 e. The van der Waals surface area contributed by atoms with Crippen molar-refractivity contribution in [3.8, 4) is 6.07 Å². The van der Waals surface area contributed by atoms with Crippen molar-refractivity contribution in [2.75, 3.05) is 0 Å². The van der Waals surface area contributed by atoms with Gasteiger partial charge in [-0.1, -0.05) is 12.1 Å². The van der Waals surface area contributed by atoms with Gasteiger partial charge in [-0.3, -0.25) is 4.55 Å². The van der Waals surface area contributed by atoms with E-state index in [4.69, 9.17) is 9.81 Å². The van der Waals surface area contributed by atoms with Crippen molar-refractivity contribution in [3.63, 3.8) is 0 Å². The smallest absolute Gasteiger partial charge is 0.282 e. The standard InChI is InChI=1S/C9H7NO3S/c10-7-9-3-1-8(2-4-9)5-6-14(11,12)13/h1-6H,(H,11,12,13). The highest BCUT2D eigenvalue weighted by atomic mass is 32.2. The average molecular weight is 209 g/mol. The summed E-state index contributed by atoms with van der Waals surface area (Å²) in [6, 6.07) is 8.22. The molecule has 0 aliphatic heterocycles. The normalized spacial score (nSPS) is 11.4. The lowest BCUT2D eigenvalue weighted by Crippen LogP contribution is -1.88. The molecule has 1 N–H and O–H groups in total. The van der Waals surface area contributed by atoms with Gasteiger partial charge in [0.1, 0.15) is 0 Å². The number of hydrogen-bond donors (Lipinski definition) is 1. The van der Waals surface area contributed by atoms with Gasteiger partial charge in [0.2, 0.25) is 0 Å². The molecular weight excluding hydrogens is 202 g/mol. The molecule has 0 aliphatic rings. The highest BCUT2D eigenvalue weighted by Gasteiger charge is 1.95. The van der Waals surface area contributed by atoms with E-state index in [1.54, 1.807) is 24.3 Å². The number of rotatable bonds is 2. The predicted octanol–water partition coefficient (Wildman–Crippen LogP) is 1.42. The van der Waals surface area contributed by atoms with Crippen LogP contribution in [-0.2, 0) is 10.1 Å². The highest BCUT2D eigenvalue weighted by molar-refractivity contribution is 7.88. The van der Waals surface area contributed by atoms with Crippen LogP contribution in [0.3, 0.4) is 0 Å². The maximum atomic E-state index is 10.3. The molecule has 5 heteroatoms. The molecular formula is C9H7NO3S. The third kappa shape index (κ3) is 3.39. The first-order valence-electron chi connectivity index (χ1n) is 3.67. The van der Waals surface area contributed by atoms with Crippen LogP contribution < -0.4 is 0 Å². The number of hydrogen-bond acceptors (Lipinski definition) is 3. The lowest BCUT2D eigenvalue weighted by molar-refractivity contribution is 0.494. The fourth-order valence-electron chi connectivity index (χ4n) is 0.833. The van der Waals surface area contributed by atoms with Crippen molar-refractivity contribution in [1.29, 1.82) is 5.26 Å². The van der Waals surface area contributed by atoms with Crippen LogP contribution >= 0.6 is 0 Å². The molecule has 0 radical (unpaired) electrons. The van der Waals surface area contributed by atoms with E-state index in [1.165, 1.54) is 6.08 Å². The monoisotopic (exact) mass is 209 g/mol. The first-order valence-corrected chi connectivity index (χ1v) is 5.17. The van der Waals surface area contributed by atoms with Crippen molar-refractivity contribution < 1.29 is 13.0 Å². The lowest BCUT2D eigenvalue weighted by Gasteiger charge is -1.92. The summed E-state index contributed by atoms with van der Waals surface area (Å²) in [7, 11) is -4.08. The third-order valence-corrected chi connectivity index (χ3v) is 1.95. The molecule has 1 rings (SSSR count). The lowest BCUT2D eigenvalue weighted by atomic mass is 10.1.